The third-order valence-electron chi connectivity index (χ3n) is 6.39. The van der Waals surface area contributed by atoms with E-state index in [0.29, 0.717) is 22.5 Å². The maximum absolute atomic E-state index is 12.3. The Morgan fingerprint density at radius 1 is 0.643 bits per heavy atom. The summed E-state index contributed by atoms with van der Waals surface area (Å²) in [6.07, 6.45) is 6.82. The minimum Gasteiger partial charge on any atom is -0.326 e. The lowest BCUT2D eigenvalue weighted by atomic mass is 10.1. The fourth-order valence-corrected chi connectivity index (χ4v) is 4.01. The second-order valence-electron chi connectivity index (χ2n) is 9.70. The average molecular weight is 571 g/mol. The summed E-state index contributed by atoms with van der Waals surface area (Å²) in [6, 6.07) is 14.5. The Balaban J connectivity index is 1.25. The summed E-state index contributed by atoms with van der Waals surface area (Å²) < 4.78 is 2.59. The Hall–Kier alpha value is -5.52. The molecule has 2 heterocycles. The van der Waals surface area contributed by atoms with E-state index in [4.69, 9.17) is 0 Å². The lowest BCUT2D eigenvalue weighted by Gasteiger charge is -2.08. The lowest BCUT2D eigenvalue weighted by molar-refractivity contribution is -0.117. The highest BCUT2D eigenvalue weighted by Gasteiger charge is 2.07. The van der Waals surface area contributed by atoms with Gasteiger partial charge in [-0.25, -0.2) is 9.59 Å². The number of carbonyl (C=O) groups is 2. The molecular formula is C30H30N6O6. The Morgan fingerprint density at radius 2 is 1.00 bits per heavy atom. The molecule has 0 radical (unpaired) electrons. The molecule has 12 nitrogen and oxygen atoms in total. The molecule has 0 bridgehead atoms. The minimum atomic E-state index is -0.553. The van der Waals surface area contributed by atoms with Gasteiger partial charge in [-0.15, -0.1) is 0 Å². The molecule has 2 amide bonds. The highest BCUT2D eigenvalue weighted by molar-refractivity contribution is 5.91. The molecule has 0 aliphatic carbocycles. The maximum Gasteiger partial charge on any atom is 0.328 e. The summed E-state index contributed by atoms with van der Waals surface area (Å²) in [6.45, 7) is 3.47. The van der Waals surface area contributed by atoms with Gasteiger partial charge in [-0.3, -0.25) is 38.3 Å². The van der Waals surface area contributed by atoms with Crippen LogP contribution in [0.5, 0.6) is 0 Å². The Labute approximate surface area is 239 Å². The number of amides is 2. The molecular weight excluding hydrogens is 540 g/mol. The van der Waals surface area contributed by atoms with E-state index in [2.05, 4.69) is 20.6 Å². The molecule has 0 unspecified atom stereocenters. The molecule has 0 atom stereocenters. The smallest absolute Gasteiger partial charge is 0.326 e. The van der Waals surface area contributed by atoms with Crippen molar-refractivity contribution < 1.29 is 9.59 Å². The molecule has 0 fully saturated rings. The monoisotopic (exact) mass is 570 g/mol. The van der Waals surface area contributed by atoms with Crippen LogP contribution in [0.1, 0.15) is 35.1 Å². The minimum absolute atomic E-state index is 0.0678. The van der Waals surface area contributed by atoms with E-state index < -0.39 is 22.5 Å². The van der Waals surface area contributed by atoms with E-state index in [1.807, 2.05) is 36.4 Å². The molecule has 0 aliphatic heterocycles. The van der Waals surface area contributed by atoms with Gasteiger partial charge in [0, 0.05) is 60.8 Å². The molecule has 0 saturated carbocycles. The van der Waals surface area contributed by atoms with Gasteiger partial charge in [0.2, 0.25) is 11.8 Å². The molecule has 4 rings (SSSR count). The van der Waals surface area contributed by atoms with Crippen molar-refractivity contribution in [2.24, 2.45) is 0 Å². The molecule has 0 saturated heterocycles. The molecule has 0 aliphatic rings. The van der Waals surface area contributed by atoms with Gasteiger partial charge in [0.15, 0.2) is 0 Å². The van der Waals surface area contributed by atoms with Crippen molar-refractivity contribution >= 4 is 35.3 Å². The number of nitrogens with one attached hydrogen (secondary N) is 4. The lowest BCUT2D eigenvalue weighted by Crippen LogP contribution is -2.31. The molecule has 4 aromatic rings. The van der Waals surface area contributed by atoms with Crippen molar-refractivity contribution in [3.05, 3.63) is 125 Å². The first-order valence-electron chi connectivity index (χ1n) is 13.2. The van der Waals surface area contributed by atoms with Gasteiger partial charge in [-0.05, 0) is 49.2 Å². The number of rotatable bonds is 10. The Kier molecular flexibility index (Phi) is 9.28. The summed E-state index contributed by atoms with van der Waals surface area (Å²) in [4.78, 5) is 75.7. The highest BCUT2D eigenvalue weighted by Crippen LogP contribution is 2.15. The molecule has 4 N–H and O–H groups in total. The van der Waals surface area contributed by atoms with Crippen molar-refractivity contribution in [3.8, 4) is 0 Å². The predicted octanol–water partition coefficient (Wildman–Crippen LogP) is 2.23. The van der Waals surface area contributed by atoms with E-state index in [0.717, 1.165) is 11.1 Å². The van der Waals surface area contributed by atoms with Gasteiger partial charge in [-0.2, -0.15) is 0 Å². The van der Waals surface area contributed by atoms with E-state index in [-0.39, 0.29) is 37.7 Å². The summed E-state index contributed by atoms with van der Waals surface area (Å²) in [7, 11) is 0. The van der Waals surface area contributed by atoms with Gasteiger partial charge < -0.3 is 10.6 Å². The van der Waals surface area contributed by atoms with Crippen LogP contribution in [0.2, 0.25) is 0 Å². The summed E-state index contributed by atoms with van der Waals surface area (Å²) >= 11 is 0. The largest absolute Gasteiger partial charge is 0.328 e. The van der Waals surface area contributed by atoms with Crippen molar-refractivity contribution in [2.45, 2.75) is 39.8 Å². The van der Waals surface area contributed by atoms with Crippen LogP contribution in [0.3, 0.4) is 0 Å². The number of aromatic amines is 2. The molecule has 42 heavy (non-hydrogen) atoms. The first-order chi connectivity index (χ1) is 20.1. The molecule has 12 heteroatoms. The predicted molar refractivity (Wildman–Crippen MR) is 160 cm³/mol. The average Bonchev–Trinajstić information content (AvgIpc) is 2.96. The van der Waals surface area contributed by atoms with Crippen LogP contribution in [0.15, 0.2) is 80.1 Å². The summed E-state index contributed by atoms with van der Waals surface area (Å²) in [5.41, 5.74) is 1.85. The zero-order valence-corrected chi connectivity index (χ0v) is 23.1. The maximum atomic E-state index is 12.3. The number of hydrogen-bond donors (Lipinski definition) is 4. The standard InChI is InChI=1S/C30H30N6O6/c1-19-17-35(29(41)33-27(19)39)15-13-25(37)31-23-9-5-21(6-10-23)3-4-22-7-11-24(12-8-22)32-26(38)14-16-36-18-20(2)28(40)34-30(36)42/h3-12,17-18H,13-16H2,1-2H3,(H,31,37)(H,32,38)(H,33,39,41)(H,34,40,42)/b4-3+. The number of aryl methyl sites for hydroxylation is 4. The van der Waals surface area contributed by atoms with Crippen LogP contribution >= 0.6 is 0 Å². The fraction of sp³-hybridized carbons (Fsp3) is 0.200. The topological polar surface area (TPSA) is 168 Å². The highest BCUT2D eigenvalue weighted by atomic mass is 16.2. The van der Waals surface area contributed by atoms with Gasteiger partial charge in [0.1, 0.15) is 0 Å². The molecule has 2 aromatic heterocycles. The van der Waals surface area contributed by atoms with Crippen LogP contribution in [-0.4, -0.2) is 30.9 Å². The van der Waals surface area contributed by atoms with Crippen LogP contribution in [0.25, 0.3) is 12.2 Å². The van der Waals surface area contributed by atoms with Gasteiger partial charge >= 0.3 is 11.4 Å². The third kappa shape index (κ3) is 8.01. The summed E-state index contributed by atoms with van der Waals surface area (Å²) in [5, 5.41) is 5.58. The Morgan fingerprint density at radius 3 is 1.36 bits per heavy atom. The zero-order valence-electron chi connectivity index (χ0n) is 23.1. The zero-order chi connectivity index (χ0) is 30.2. The summed E-state index contributed by atoms with van der Waals surface area (Å²) in [5.74, 6) is -0.525. The van der Waals surface area contributed by atoms with Crippen LogP contribution in [-0.2, 0) is 22.7 Å². The number of benzene rings is 2. The van der Waals surface area contributed by atoms with Crippen LogP contribution < -0.4 is 33.1 Å². The van der Waals surface area contributed by atoms with Crippen molar-refractivity contribution in [3.63, 3.8) is 0 Å². The van der Waals surface area contributed by atoms with Crippen LogP contribution in [0, 0.1) is 13.8 Å². The quantitative estimate of drug-likeness (QED) is 0.213. The number of anilines is 2. The molecule has 216 valence electrons. The number of H-pyrrole nitrogens is 2. The van der Waals surface area contributed by atoms with E-state index in [1.54, 1.807) is 38.1 Å². The van der Waals surface area contributed by atoms with Crippen molar-refractivity contribution in [1.82, 2.24) is 19.1 Å². The Bertz CT molecular complexity index is 1720. The molecule has 0 spiro atoms. The normalized spacial score (nSPS) is 11.0. The van der Waals surface area contributed by atoms with Gasteiger partial charge in [-0.1, -0.05) is 36.4 Å². The van der Waals surface area contributed by atoms with E-state index >= 15 is 0 Å². The number of aromatic nitrogens is 4. The SMILES string of the molecule is Cc1cn(CCC(=O)Nc2ccc(/C=C/c3ccc(NC(=O)CCn4cc(C)c(=O)[nH]c4=O)cc3)cc2)c(=O)[nH]c1=O. The van der Waals surface area contributed by atoms with E-state index in [1.165, 1.54) is 21.5 Å². The number of carbonyl (C=O) groups excluding carboxylic acids is 2. The van der Waals surface area contributed by atoms with Gasteiger partial charge in [0.25, 0.3) is 11.1 Å². The van der Waals surface area contributed by atoms with Crippen molar-refractivity contribution in [2.75, 3.05) is 10.6 Å². The second-order valence-corrected chi connectivity index (χ2v) is 9.70. The number of nitrogens with zero attached hydrogens (tertiary/aromatic N) is 2. The van der Waals surface area contributed by atoms with E-state index in [9.17, 15) is 28.8 Å². The fourth-order valence-electron chi connectivity index (χ4n) is 4.01. The molecule has 2 aromatic carbocycles. The number of hydrogen-bond acceptors (Lipinski definition) is 6. The van der Waals surface area contributed by atoms with Crippen molar-refractivity contribution in [1.29, 1.82) is 0 Å². The third-order valence-corrected chi connectivity index (χ3v) is 6.39. The van der Waals surface area contributed by atoms with Crippen LogP contribution in [0.4, 0.5) is 11.4 Å². The first kappa shape index (κ1) is 29.5. The second kappa shape index (κ2) is 13.2. The van der Waals surface area contributed by atoms with Gasteiger partial charge in [0.05, 0.1) is 0 Å². The first-order valence-corrected chi connectivity index (χ1v) is 13.2.